The third kappa shape index (κ3) is 7.16. The number of benzene rings is 11. The van der Waals surface area contributed by atoms with E-state index >= 15 is 0 Å². The molecule has 3 aliphatic carbocycles. The summed E-state index contributed by atoms with van der Waals surface area (Å²) >= 11 is 0. The van der Waals surface area contributed by atoms with Crippen molar-refractivity contribution in [3.8, 4) is 45.5 Å². The topological polar surface area (TPSA) is 61.7 Å². The molecule has 0 bridgehead atoms. The number of fused-ring (bicyclic) bond motifs is 15. The Bertz CT molecular complexity index is 5370. The zero-order chi connectivity index (χ0) is 64.3. The molecule has 95 heavy (non-hydrogen) atoms. The van der Waals surface area contributed by atoms with E-state index in [2.05, 4.69) is 231 Å². The van der Waals surface area contributed by atoms with Crippen molar-refractivity contribution < 1.29 is 0 Å². The van der Waals surface area contributed by atoms with E-state index in [9.17, 15) is 10.5 Å². The number of rotatable bonds is 6. The molecule has 6 aliphatic rings. The predicted octanol–water partition coefficient (Wildman–Crippen LogP) is 24.0. The second-order valence-electron chi connectivity index (χ2n) is 30.5. The molecular formula is C89H74N6. The van der Waals surface area contributed by atoms with E-state index in [0.29, 0.717) is 16.8 Å². The molecule has 3 heterocycles. The molecule has 6 heteroatoms. The van der Waals surface area contributed by atoms with Crippen molar-refractivity contribution in [2.45, 2.75) is 151 Å². The van der Waals surface area contributed by atoms with Crippen molar-refractivity contribution in [3.05, 3.63) is 233 Å². The van der Waals surface area contributed by atoms with Gasteiger partial charge in [0.25, 0.3) is 0 Å². The van der Waals surface area contributed by atoms with Gasteiger partial charge in [0.15, 0.2) is 5.69 Å². The Morgan fingerprint density at radius 3 is 1.08 bits per heavy atom. The highest BCUT2D eigenvalue weighted by Gasteiger charge is 2.60. The van der Waals surface area contributed by atoms with Crippen LogP contribution in [0.15, 0.2) is 194 Å². The molecule has 0 spiro atoms. The minimum atomic E-state index is -0.144. The Morgan fingerprint density at radius 1 is 0.337 bits per heavy atom. The molecule has 0 saturated heterocycles. The average molecular weight is 1230 g/mol. The summed E-state index contributed by atoms with van der Waals surface area (Å²) < 4.78 is 0. The molecule has 0 aromatic heterocycles. The van der Waals surface area contributed by atoms with Gasteiger partial charge < -0.3 is 14.7 Å². The number of hydrogen-bond donors (Lipinski definition) is 0. The maximum absolute atomic E-state index is 9.86. The quantitative estimate of drug-likeness (QED) is 0.155. The van der Waals surface area contributed by atoms with Gasteiger partial charge in [0.05, 0.1) is 46.5 Å². The summed E-state index contributed by atoms with van der Waals surface area (Å²) in [7, 11) is 0. The SMILES string of the molecule is [C-]#[N+]c1ccc(N2c3ccc(-c4ccc5c6cc7c(cc6c6cccc4c65)c4ccc(-c5ccc6c(c5)C5(C)CCCCC5(C)N6c5ccc(C#N)cc5)c5c(-c6ccc8c(c6)C6(C)CCCCC6(C)N8c6ccc(C#N)cc6)ccc7c54)cc3C3(C)CCCCC23C)cc1. The Labute approximate surface area is 556 Å². The normalized spacial score (nSPS) is 25.0. The maximum Gasteiger partial charge on any atom is 0.187 e. The fraction of sp³-hybridized carbons (Fsp3) is 0.270. The van der Waals surface area contributed by atoms with Gasteiger partial charge in [-0.2, -0.15) is 10.5 Å². The Kier molecular flexibility index (Phi) is 11.6. The van der Waals surface area contributed by atoms with Crippen molar-refractivity contribution in [3.63, 3.8) is 0 Å². The van der Waals surface area contributed by atoms with Crippen LogP contribution in [0.4, 0.5) is 39.8 Å². The average Bonchev–Trinajstić information content (AvgIpc) is 1.56. The second-order valence-corrected chi connectivity index (χ2v) is 30.5. The van der Waals surface area contributed by atoms with Crippen molar-refractivity contribution in [1.82, 2.24) is 0 Å². The van der Waals surface area contributed by atoms with Gasteiger partial charge in [0.1, 0.15) is 0 Å². The molecule has 13 aromatic carbocycles. The second kappa shape index (κ2) is 19.5. The van der Waals surface area contributed by atoms with E-state index in [1.807, 2.05) is 36.4 Å². The van der Waals surface area contributed by atoms with E-state index in [4.69, 9.17) is 6.57 Å². The first-order chi connectivity index (χ1) is 46.1. The molecule has 0 radical (unpaired) electrons. The van der Waals surface area contributed by atoms with Gasteiger partial charge in [-0.05, 0) is 283 Å². The van der Waals surface area contributed by atoms with Crippen LogP contribution in [-0.2, 0) is 16.2 Å². The number of anilines is 6. The molecular weight excluding hydrogens is 1150 g/mol. The molecule has 6 nitrogen and oxygen atoms in total. The molecule has 19 rings (SSSR count). The Morgan fingerprint density at radius 2 is 0.684 bits per heavy atom. The van der Waals surface area contributed by atoms with Crippen LogP contribution >= 0.6 is 0 Å². The van der Waals surface area contributed by atoms with Crippen molar-refractivity contribution in [1.29, 1.82) is 10.5 Å². The highest BCUT2D eigenvalue weighted by atomic mass is 15.3. The third-order valence-electron chi connectivity index (χ3n) is 26.5. The summed E-state index contributed by atoms with van der Waals surface area (Å²) in [5.74, 6) is 0. The van der Waals surface area contributed by atoms with E-state index in [1.165, 1.54) is 170 Å². The van der Waals surface area contributed by atoms with E-state index in [0.717, 1.165) is 55.6 Å². The first kappa shape index (κ1) is 56.4. The zero-order valence-corrected chi connectivity index (χ0v) is 55.1. The van der Waals surface area contributed by atoms with Crippen LogP contribution in [0.5, 0.6) is 0 Å². The molecule has 13 aromatic rings. The van der Waals surface area contributed by atoms with Crippen LogP contribution in [0, 0.1) is 29.2 Å². The minimum absolute atomic E-state index is 0.0412. The summed E-state index contributed by atoms with van der Waals surface area (Å²) in [4.78, 5) is 11.6. The van der Waals surface area contributed by atoms with Gasteiger partial charge in [0.2, 0.25) is 0 Å². The van der Waals surface area contributed by atoms with Crippen molar-refractivity contribution in [2.24, 2.45) is 0 Å². The Hall–Kier alpha value is -10.2. The molecule has 6 atom stereocenters. The summed E-state index contributed by atoms with van der Waals surface area (Å²) in [5.41, 5.74) is 20.5. The molecule has 0 amide bonds. The van der Waals surface area contributed by atoms with E-state index in [-0.39, 0.29) is 32.9 Å². The molecule has 0 N–H and O–H groups in total. The number of nitrogens with zero attached hydrogens (tertiary/aromatic N) is 6. The molecule has 3 saturated carbocycles. The van der Waals surface area contributed by atoms with Crippen molar-refractivity contribution in [2.75, 3.05) is 14.7 Å². The maximum atomic E-state index is 9.86. The van der Waals surface area contributed by atoms with Crippen LogP contribution in [-0.4, -0.2) is 16.6 Å². The lowest BCUT2D eigenvalue weighted by Gasteiger charge is -2.50. The van der Waals surface area contributed by atoms with Crippen LogP contribution in [0.2, 0.25) is 0 Å². The summed E-state index contributed by atoms with van der Waals surface area (Å²) in [6.45, 7) is 22.7. The first-order valence-electron chi connectivity index (χ1n) is 34.8. The lowest BCUT2D eigenvalue weighted by Crippen LogP contribution is -2.54. The van der Waals surface area contributed by atoms with Gasteiger partial charge in [-0.15, -0.1) is 0 Å². The lowest BCUT2D eigenvalue weighted by atomic mass is 9.61. The van der Waals surface area contributed by atoms with Crippen LogP contribution in [0.3, 0.4) is 0 Å². The summed E-state index contributed by atoms with van der Waals surface area (Å²) in [6, 6.07) is 78.4. The summed E-state index contributed by atoms with van der Waals surface area (Å²) in [6.07, 6.45) is 13.9. The number of nitriles is 2. The van der Waals surface area contributed by atoms with Crippen LogP contribution in [0.1, 0.15) is 146 Å². The Balaban J connectivity index is 0.804. The smallest absolute Gasteiger partial charge is 0.187 e. The standard InChI is InChI=1S/C89H74N6/c1-84-41-8-13-46-89(84,6)95(62-30-24-59(92-7)25-31-62)78-38-21-56(47-75(78)84)63-32-35-68-72-51-74-70-37-34-65(58-23-40-80-77(49-58)86(3)43-10-12-45-88(86,5)94(80)61-28-19-55(53-91)20-29-61)82-64(33-36-69(83(70)82)73(74)50-71(72)67-16-14-15-66(63)81(67)68)57-22-39-79-76(48-57)85(2)42-9-11-44-87(85,4)93(79)60-26-17-54(52-90)18-27-60/h14-40,47-51H,8-13,41-46H2,1-6H3. The molecule has 3 aliphatic heterocycles. The van der Waals surface area contributed by atoms with Gasteiger partial charge >= 0.3 is 0 Å². The highest BCUT2D eigenvalue weighted by molar-refractivity contribution is 6.39. The van der Waals surface area contributed by atoms with E-state index in [1.54, 1.807) is 0 Å². The van der Waals surface area contributed by atoms with Gasteiger partial charge in [-0.3, -0.25) is 0 Å². The van der Waals surface area contributed by atoms with Crippen LogP contribution in [0.25, 0.3) is 103 Å². The molecule has 6 unspecified atom stereocenters. The van der Waals surface area contributed by atoms with Gasteiger partial charge in [-0.25, -0.2) is 4.85 Å². The van der Waals surface area contributed by atoms with E-state index < -0.39 is 0 Å². The van der Waals surface area contributed by atoms with Crippen LogP contribution < -0.4 is 14.7 Å². The highest BCUT2D eigenvalue weighted by Crippen LogP contribution is 2.65. The van der Waals surface area contributed by atoms with Gasteiger partial charge in [0, 0.05) is 50.4 Å². The zero-order valence-electron chi connectivity index (χ0n) is 55.1. The largest absolute Gasteiger partial charge is 0.335 e. The monoisotopic (exact) mass is 1230 g/mol. The fourth-order valence-corrected chi connectivity index (χ4v) is 21.0. The van der Waals surface area contributed by atoms with Crippen molar-refractivity contribution >= 4 is 104 Å². The lowest BCUT2D eigenvalue weighted by molar-refractivity contribution is 0.195. The third-order valence-corrected chi connectivity index (χ3v) is 26.5. The minimum Gasteiger partial charge on any atom is -0.335 e. The number of hydrogen-bond acceptors (Lipinski definition) is 5. The summed E-state index contributed by atoms with van der Waals surface area (Å²) in [5, 5.41) is 35.4. The molecule has 3 fully saturated rings. The van der Waals surface area contributed by atoms with Gasteiger partial charge in [-0.1, -0.05) is 144 Å². The predicted molar refractivity (Wildman–Crippen MR) is 394 cm³/mol. The first-order valence-corrected chi connectivity index (χ1v) is 34.8. The fourth-order valence-electron chi connectivity index (χ4n) is 21.0. The molecule has 460 valence electrons.